The minimum atomic E-state index is -0.226. The number of halogens is 2. The lowest BCUT2D eigenvalue weighted by Gasteiger charge is -2.15. The van der Waals surface area contributed by atoms with Crippen LogP contribution in [0.1, 0.15) is 5.56 Å². The number of pyridine rings is 1. The quantitative estimate of drug-likeness (QED) is 0.663. The summed E-state index contributed by atoms with van der Waals surface area (Å²) in [5.74, 6) is 0.117. The van der Waals surface area contributed by atoms with E-state index in [0.717, 1.165) is 16.5 Å². The van der Waals surface area contributed by atoms with Crippen molar-refractivity contribution in [2.24, 2.45) is 0 Å². The van der Waals surface area contributed by atoms with Crippen molar-refractivity contribution in [3.63, 3.8) is 0 Å². The molecule has 8 heteroatoms. The molecule has 6 nitrogen and oxygen atoms in total. The lowest BCUT2D eigenvalue weighted by molar-refractivity contribution is -0.122. The number of nitrogens with zero attached hydrogens (tertiary/aromatic N) is 2. The average molecular weight is 440 g/mol. The number of hydrogen-bond acceptors (Lipinski definition) is 4. The fraction of sp³-hybridized carbons (Fsp3) is 0.278. The molecule has 0 aliphatic carbocycles. The van der Waals surface area contributed by atoms with E-state index in [1.165, 1.54) is 0 Å². The molecule has 0 saturated heterocycles. The molecule has 0 radical (unpaired) electrons. The zero-order valence-corrected chi connectivity index (χ0v) is 16.7. The highest BCUT2D eigenvalue weighted by Gasteiger charge is 2.11. The molecule has 1 heterocycles. The minimum absolute atomic E-state index is 0.0996. The maximum absolute atomic E-state index is 12.0. The summed E-state index contributed by atoms with van der Waals surface area (Å²) < 4.78 is 0.836. The molecule has 2 rings (SSSR count). The number of nitrogens with one attached hydrogen (secondary N) is 2. The van der Waals surface area contributed by atoms with Gasteiger partial charge in [0.1, 0.15) is 5.82 Å². The summed E-state index contributed by atoms with van der Waals surface area (Å²) in [4.78, 5) is 29.6. The van der Waals surface area contributed by atoms with Crippen LogP contribution in [0.25, 0.3) is 0 Å². The first-order chi connectivity index (χ1) is 12.4. The first-order valence-corrected chi connectivity index (χ1v) is 9.20. The molecule has 0 unspecified atom stereocenters. The topological polar surface area (TPSA) is 74.3 Å². The lowest BCUT2D eigenvalue weighted by Crippen LogP contribution is -2.39. The van der Waals surface area contributed by atoms with Crippen LogP contribution in [0.3, 0.4) is 0 Å². The fourth-order valence-corrected chi connectivity index (χ4v) is 2.59. The van der Waals surface area contributed by atoms with Gasteiger partial charge in [-0.2, -0.15) is 0 Å². The van der Waals surface area contributed by atoms with Crippen LogP contribution in [0.15, 0.2) is 47.1 Å². The highest BCUT2D eigenvalue weighted by molar-refractivity contribution is 9.10. The fourth-order valence-electron chi connectivity index (χ4n) is 2.23. The second-order valence-corrected chi connectivity index (χ2v) is 7.16. The highest BCUT2D eigenvalue weighted by Crippen LogP contribution is 2.10. The van der Waals surface area contributed by atoms with Crippen molar-refractivity contribution >= 4 is 45.2 Å². The molecule has 0 saturated carbocycles. The van der Waals surface area contributed by atoms with Crippen LogP contribution < -0.4 is 10.6 Å². The zero-order chi connectivity index (χ0) is 18.9. The van der Waals surface area contributed by atoms with E-state index in [9.17, 15) is 9.59 Å². The van der Waals surface area contributed by atoms with Gasteiger partial charge < -0.3 is 10.6 Å². The van der Waals surface area contributed by atoms with Crippen molar-refractivity contribution in [3.05, 3.63) is 57.7 Å². The van der Waals surface area contributed by atoms with Gasteiger partial charge in [0, 0.05) is 22.2 Å². The van der Waals surface area contributed by atoms with E-state index in [2.05, 4.69) is 31.5 Å². The highest BCUT2D eigenvalue weighted by atomic mass is 79.9. The summed E-state index contributed by atoms with van der Waals surface area (Å²) in [6, 6.07) is 11.0. The molecule has 0 aliphatic rings. The SMILES string of the molecule is CN(CC(=O)NCCc1ccc(Cl)cc1)CC(=O)Nc1ccc(Br)cn1. The molecule has 0 bridgehead atoms. The molecule has 0 fully saturated rings. The molecule has 138 valence electrons. The largest absolute Gasteiger partial charge is 0.355 e. The molecule has 1 aromatic heterocycles. The predicted octanol–water partition coefficient (Wildman–Crippen LogP) is 2.73. The summed E-state index contributed by atoms with van der Waals surface area (Å²) in [5, 5.41) is 6.22. The number of aromatic nitrogens is 1. The van der Waals surface area contributed by atoms with Crippen LogP contribution in [0.2, 0.25) is 5.02 Å². The Bertz CT molecular complexity index is 738. The van der Waals surface area contributed by atoms with Gasteiger partial charge >= 0.3 is 0 Å². The van der Waals surface area contributed by atoms with E-state index >= 15 is 0 Å². The van der Waals surface area contributed by atoms with Crippen LogP contribution in [-0.4, -0.2) is 48.4 Å². The number of hydrogen-bond donors (Lipinski definition) is 2. The summed E-state index contributed by atoms with van der Waals surface area (Å²) in [5.41, 5.74) is 1.10. The normalized spacial score (nSPS) is 10.6. The second-order valence-electron chi connectivity index (χ2n) is 5.81. The Morgan fingerprint density at radius 1 is 1.12 bits per heavy atom. The molecule has 2 N–H and O–H groups in total. The van der Waals surface area contributed by atoms with Gasteiger partial charge in [-0.3, -0.25) is 14.5 Å². The Hall–Kier alpha value is -1.96. The molecule has 2 aromatic rings. The van der Waals surface area contributed by atoms with E-state index in [1.54, 1.807) is 30.3 Å². The minimum Gasteiger partial charge on any atom is -0.355 e. The average Bonchev–Trinajstić information content (AvgIpc) is 2.58. The van der Waals surface area contributed by atoms with Gasteiger partial charge in [0.05, 0.1) is 13.1 Å². The molecule has 0 atom stereocenters. The van der Waals surface area contributed by atoms with Crippen molar-refractivity contribution < 1.29 is 9.59 Å². The number of rotatable bonds is 8. The lowest BCUT2D eigenvalue weighted by atomic mass is 10.1. The molecular formula is C18H20BrClN4O2. The number of carbonyl (C=O) groups is 2. The third-order valence-corrected chi connectivity index (χ3v) is 4.19. The van der Waals surface area contributed by atoms with E-state index in [0.29, 0.717) is 17.4 Å². The Balaban J connectivity index is 1.66. The first-order valence-electron chi connectivity index (χ1n) is 8.03. The van der Waals surface area contributed by atoms with E-state index < -0.39 is 0 Å². The number of likely N-dealkylation sites (N-methyl/N-ethyl adjacent to an activating group) is 1. The summed E-state index contributed by atoms with van der Waals surface area (Å²) in [6.45, 7) is 0.771. The van der Waals surface area contributed by atoms with Crippen molar-refractivity contribution in [2.45, 2.75) is 6.42 Å². The predicted molar refractivity (Wildman–Crippen MR) is 106 cm³/mol. The van der Waals surface area contributed by atoms with Crippen LogP contribution in [-0.2, 0) is 16.0 Å². The summed E-state index contributed by atoms with van der Waals surface area (Å²) in [6.07, 6.45) is 2.33. The number of anilines is 1. The molecule has 0 aliphatic heterocycles. The van der Waals surface area contributed by atoms with Gasteiger partial charge in [-0.25, -0.2) is 4.98 Å². The monoisotopic (exact) mass is 438 g/mol. The molecule has 1 aromatic carbocycles. The van der Waals surface area contributed by atoms with Gasteiger partial charge in [0.25, 0.3) is 0 Å². The van der Waals surface area contributed by atoms with E-state index in [-0.39, 0.29) is 24.9 Å². The van der Waals surface area contributed by atoms with Crippen molar-refractivity contribution in [1.82, 2.24) is 15.2 Å². The molecule has 26 heavy (non-hydrogen) atoms. The van der Waals surface area contributed by atoms with Crippen molar-refractivity contribution in [2.75, 3.05) is 32.0 Å². The maximum atomic E-state index is 12.0. The van der Waals surface area contributed by atoms with Gasteiger partial charge in [0.2, 0.25) is 11.8 Å². The summed E-state index contributed by atoms with van der Waals surface area (Å²) >= 11 is 9.12. The summed E-state index contributed by atoms with van der Waals surface area (Å²) in [7, 11) is 1.72. The first kappa shape index (κ1) is 20.4. The van der Waals surface area contributed by atoms with Crippen molar-refractivity contribution in [3.8, 4) is 0 Å². The van der Waals surface area contributed by atoms with Gasteiger partial charge in [-0.15, -0.1) is 0 Å². The van der Waals surface area contributed by atoms with Crippen molar-refractivity contribution in [1.29, 1.82) is 0 Å². The second kappa shape index (κ2) is 10.3. The van der Waals surface area contributed by atoms with Crippen LogP contribution in [0.4, 0.5) is 5.82 Å². The molecular weight excluding hydrogens is 420 g/mol. The van der Waals surface area contributed by atoms with Crippen LogP contribution in [0.5, 0.6) is 0 Å². The van der Waals surface area contributed by atoms with Crippen LogP contribution in [0, 0.1) is 0 Å². The number of benzene rings is 1. The van der Waals surface area contributed by atoms with Gasteiger partial charge in [-0.1, -0.05) is 23.7 Å². The van der Waals surface area contributed by atoms with Gasteiger partial charge in [0.15, 0.2) is 0 Å². The zero-order valence-electron chi connectivity index (χ0n) is 14.3. The Morgan fingerprint density at radius 2 is 1.81 bits per heavy atom. The van der Waals surface area contributed by atoms with Crippen LogP contribution >= 0.6 is 27.5 Å². The third-order valence-electron chi connectivity index (χ3n) is 3.47. The smallest absolute Gasteiger partial charge is 0.239 e. The number of carbonyl (C=O) groups excluding carboxylic acids is 2. The standard InChI is InChI=1S/C18H20BrClN4O2/c1-24(12-18(26)23-16-7-4-14(19)10-22-16)11-17(25)21-9-8-13-2-5-15(20)6-3-13/h2-7,10H,8-9,11-12H2,1H3,(H,21,25)(H,22,23,26). The number of amides is 2. The Kier molecular flexibility index (Phi) is 8.03. The van der Waals surface area contributed by atoms with E-state index in [4.69, 9.17) is 11.6 Å². The Morgan fingerprint density at radius 3 is 2.46 bits per heavy atom. The van der Waals surface area contributed by atoms with E-state index in [1.807, 2.05) is 24.3 Å². The third kappa shape index (κ3) is 7.51. The maximum Gasteiger partial charge on any atom is 0.239 e. The molecule has 2 amide bonds. The van der Waals surface area contributed by atoms with Gasteiger partial charge in [-0.05, 0) is 59.2 Å². The molecule has 0 spiro atoms. The Labute approximate surface area is 166 Å².